The van der Waals surface area contributed by atoms with Crippen LogP contribution >= 0.6 is 0 Å². The van der Waals surface area contributed by atoms with Crippen LogP contribution in [0.1, 0.15) is 33.6 Å². The summed E-state index contributed by atoms with van der Waals surface area (Å²) in [6, 6.07) is 0. The number of rotatable bonds is 1. The van der Waals surface area contributed by atoms with Crippen molar-refractivity contribution in [1.82, 2.24) is 4.90 Å². The molecule has 1 saturated heterocycles. The maximum absolute atomic E-state index is 12.1. The summed E-state index contributed by atoms with van der Waals surface area (Å²) in [5.41, 5.74) is 5.04. The minimum absolute atomic E-state index is 0.0613. The molecule has 0 radical (unpaired) electrons. The zero-order valence-electron chi connectivity index (χ0n) is 10.9. The van der Waals surface area contributed by atoms with E-state index < -0.39 is 5.60 Å². The smallest absolute Gasteiger partial charge is 0.410 e. The number of nitrogens with zero attached hydrogens (tertiary/aromatic N) is 1. The number of nitrogens with two attached hydrogens (primary N) is 1. The third-order valence-electron chi connectivity index (χ3n) is 3.25. The Labute approximate surface area is 102 Å². The molecule has 1 aliphatic carbocycles. The molecule has 1 unspecified atom stereocenters. The first-order chi connectivity index (χ1) is 7.86. The molecule has 1 saturated carbocycles. The number of ether oxygens (including phenoxy) is 2. The number of carbonyl (C=O) groups is 1. The molecule has 0 bridgehead atoms. The standard InChI is InChI=1S/C12H22N2O3/c1-11(2,3)17-10(15)14-7-9(6-13)16-8-12(14)4-5-12/h9H,4-8,13H2,1-3H3. The third-order valence-corrected chi connectivity index (χ3v) is 3.25. The van der Waals surface area contributed by atoms with Gasteiger partial charge in [0.15, 0.2) is 0 Å². The summed E-state index contributed by atoms with van der Waals surface area (Å²) < 4.78 is 11.1. The normalized spacial score (nSPS) is 27.1. The average Bonchev–Trinajstić information content (AvgIpc) is 2.97. The molecule has 5 nitrogen and oxygen atoms in total. The van der Waals surface area contributed by atoms with Gasteiger partial charge in [-0.25, -0.2) is 4.79 Å². The summed E-state index contributed by atoms with van der Waals surface area (Å²) in [4.78, 5) is 14.0. The van der Waals surface area contributed by atoms with Crippen molar-refractivity contribution in [3.63, 3.8) is 0 Å². The Morgan fingerprint density at radius 3 is 2.65 bits per heavy atom. The molecule has 0 aromatic heterocycles. The molecule has 2 fully saturated rings. The number of carbonyl (C=O) groups excluding carboxylic acids is 1. The lowest BCUT2D eigenvalue weighted by Gasteiger charge is -2.40. The zero-order chi connectivity index (χ0) is 12.7. The summed E-state index contributed by atoms with van der Waals surface area (Å²) in [5.74, 6) is 0. The lowest BCUT2D eigenvalue weighted by molar-refractivity contribution is -0.0748. The molecule has 0 aromatic carbocycles. The van der Waals surface area contributed by atoms with Crippen molar-refractivity contribution < 1.29 is 14.3 Å². The fourth-order valence-electron chi connectivity index (χ4n) is 2.09. The first-order valence-corrected chi connectivity index (χ1v) is 6.19. The van der Waals surface area contributed by atoms with Crippen molar-refractivity contribution in [1.29, 1.82) is 0 Å². The lowest BCUT2D eigenvalue weighted by Crippen LogP contribution is -2.56. The van der Waals surface area contributed by atoms with Crippen LogP contribution in [0.5, 0.6) is 0 Å². The van der Waals surface area contributed by atoms with Crippen molar-refractivity contribution in [3.8, 4) is 0 Å². The molecule has 98 valence electrons. The van der Waals surface area contributed by atoms with Gasteiger partial charge in [0.25, 0.3) is 0 Å². The van der Waals surface area contributed by atoms with Gasteiger partial charge in [0, 0.05) is 6.54 Å². The van der Waals surface area contributed by atoms with E-state index in [2.05, 4.69) is 0 Å². The van der Waals surface area contributed by atoms with E-state index in [-0.39, 0.29) is 17.7 Å². The molecule has 1 heterocycles. The lowest BCUT2D eigenvalue weighted by atomic mass is 10.1. The van der Waals surface area contributed by atoms with Crippen molar-refractivity contribution in [2.45, 2.75) is 50.9 Å². The van der Waals surface area contributed by atoms with Gasteiger partial charge in [0.05, 0.1) is 24.8 Å². The zero-order valence-corrected chi connectivity index (χ0v) is 10.9. The van der Waals surface area contributed by atoms with Crippen molar-refractivity contribution >= 4 is 6.09 Å². The Morgan fingerprint density at radius 2 is 2.18 bits per heavy atom. The van der Waals surface area contributed by atoms with E-state index in [0.717, 1.165) is 12.8 Å². The van der Waals surface area contributed by atoms with Crippen LogP contribution in [-0.2, 0) is 9.47 Å². The van der Waals surface area contributed by atoms with Crippen LogP contribution in [0.2, 0.25) is 0 Å². The molecule has 0 aromatic rings. The molecule has 5 heteroatoms. The molecule has 1 amide bonds. The SMILES string of the molecule is CC(C)(C)OC(=O)N1CC(CN)OCC12CC2. The Kier molecular flexibility index (Phi) is 3.08. The van der Waals surface area contributed by atoms with E-state index in [4.69, 9.17) is 15.2 Å². The van der Waals surface area contributed by atoms with E-state index in [1.54, 1.807) is 0 Å². The molecular weight excluding hydrogens is 220 g/mol. The first kappa shape index (κ1) is 12.6. The van der Waals surface area contributed by atoms with Gasteiger partial charge in [0.1, 0.15) is 5.60 Å². The van der Waals surface area contributed by atoms with Gasteiger partial charge in [0.2, 0.25) is 0 Å². The molecule has 1 aliphatic heterocycles. The minimum atomic E-state index is -0.455. The van der Waals surface area contributed by atoms with E-state index in [9.17, 15) is 4.79 Å². The van der Waals surface area contributed by atoms with Crippen LogP contribution in [0, 0.1) is 0 Å². The number of morpholine rings is 1. The molecule has 1 atom stereocenters. The van der Waals surface area contributed by atoms with E-state index in [1.807, 2.05) is 25.7 Å². The van der Waals surface area contributed by atoms with E-state index >= 15 is 0 Å². The van der Waals surface area contributed by atoms with Gasteiger partial charge in [-0.15, -0.1) is 0 Å². The molecular formula is C12H22N2O3. The van der Waals surface area contributed by atoms with Crippen LogP contribution in [0.15, 0.2) is 0 Å². The van der Waals surface area contributed by atoms with E-state index in [1.165, 1.54) is 0 Å². The maximum atomic E-state index is 12.1. The third kappa shape index (κ3) is 2.72. The first-order valence-electron chi connectivity index (χ1n) is 6.19. The Bertz CT molecular complexity index is 307. The molecule has 17 heavy (non-hydrogen) atoms. The largest absolute Gasteiger partial charge is 0.444 e. The predicted molar refractivity (Wildman–Crippen MR) is 63.7 cm³/mol. The fourth-order valence-corrected chi connectivity index (χ4v) is 2.09. The average molecular weight is 242 g/mol. The van der Waals surface area contributed by atoms with Gasteiger partial charge < -0.3 is 15.2 Å². The fraction of sp³-hybridized carbons (Fsp3) is 0.917. The summed E-state index contributed by atoms with van der Waals surface area (Å²) in [6.07, 6.45) is 1.71. The van der Waals surface area contributed by atoms with Crippen LogP contribution < -0.4 is 5.73 Å². The second-order valence-electron chi connectivity index (χ2n) is 5.98. The molecule has 2 N–H and O–H groups in total. The highest BCUT2D eigenvalue weighted by molar-refractivity contribution is 5.70. The number of amides is 1. The van der Waals surface area contributed by atoms with Crippen LogP contribution in [0.25, 0.3) is 0 Å². The summed E-state index contributed by atoms with van der Waals surface area (Å²) in [5, 5.41) is 0. The summed E-state index contributed by atoms with van der Waals surface area (Å²) in [7, 11) is 0. The quantitative estimate of drug-likeness (QED) is 0.748. The van der Waals surface area contributed by atoms with Gasteiger partial charge in [-0.2, -0.15) is 0 Å². The van der Waals surface area contributed by atoms with E-state index in [0.29, 0.717) is 19.7 Å². The number of hydrogen-bond acceptors (Lipinski definition) is 4. The van der Waals surface area contributed by atoms with Gasteiger partial charge in [-0.05, 0) is 33.6 Å². The minimum Gasteiger partial charge on any atom is -0.444 e. The highest BCUT2D eigenvalue weighted by atomic mass is 16.6. The monoisotopic (exact) mass is 242 g/mol. The second kappa shape index (κ2) is 4.14. The number of hydrogen-bond donors (Lipinski definition) is 1. The van der Waals surface area contributed by atoms with Crippen LogP contribution in [0.3, 0.4) is 0 Å². The Balaban J connectivity index is 2.03. The molecule has 2 aliphatic rings. The van der Waals surface area contributed by atoms with Gasteiger partial charge in [-0.3, -0.25) is 4.90 Å². The highest BCUT2D eigenvalue weighted by Gasteiger charge is 2.54. The summed E-state index contributed by atoms with van der Waals surface area (Å²) in [6.45, 7) is 7.22. The highest BCUT2D eigenvalue weighted by Crippen LogP contribution is 2.45. The Hall–Kier alpha value is -0.810. The predicted octanol–water partition coefficient (Wildman–Crippen LogP) is 1.11. The van der Waals surface area contributed by atoms with Gasteiger partial charge in [-0.1, -0.05) is 0 Å². The van der Waals surface area contributed by atoms with Crippen molar-refractivity contribution in [2.24, 2.45) is 5.73 Å². The Morgan fingerprint density at radius 1 is 1.53 bits per heavy atom. The summed E-state index contributed by atoms with van der Waals surface area (Å²) >= 11 is 0. The topological polar surface area (TPSA) is 64.8 Å². The van der Waals surface area contributed by atoms with Crippen LogP contribution in [-0.4, -0.2) is 47.9 Å². The van der Waals surface area contributed by atoms with Gasteiger partial charge >= 0.3 is 6.09 Å². The van der Waals surface area contributed by atoms with Crippen molar-refractivity contribution in [3.05, 3.63) is 0 Å². The molecule has 1 spiro atoms. The van der Waals surface area contributed by atoms with Crippen LogP contribution in [0.4, 0.5) is 4.79 Å². The second-order valence-corrected chi connectivity index (χ2v) is 5.98. The van der Waals surface area contributed by atoms with Crippen molar-refractivity contribution in [2.75, 3.05) is 19.7 Å². The molecule has 2 rings (SSSR count). The maximum Gasteiger partial charge on any atom is 0.410 e.